The highest BCUT2D eigenvalue weighted by Gasteiger charge is 2.44. The molecule has 0 saturated heterocycles. The maximum absolute atomic E-state index is 12.2. The molecule has 2 aliphatic rings. The molecule has 1 N–H and O–H groups in total. The molecule has 3 rings (SSSR count). The molecule has 0 radical (unpaired) electrons. The monoisotopic (exact) mass is 245 g/mol. The van der Waals surface area contributed by atoms with Gasteiger partial charge in [0.2, 0.25) is 0 Å². The molecule has 1 saturated carbocycles. The van der Waals surface area contributed by atoms with Crippen LogP contribution in [0.25, 0.3) is 0 Å². The van der Waals surface area contributed by atoms with Crippen molar-refractivity contribution in [3.63, 3.8) is 0 Å². The first-order valence-corrected chi connectivity index (χ1v) is 6.68. The van der Waals surface area contributed by atoms with Gasteiger partial charge in [-0.3, -0.25) is 4.79 Å². The lowest BCUT2D eigenvalue weighted by atomic mass is 9.77. The zero-order chi connectivity index (χ0) is 12.8. The molecule has 96 valence electrons. The van der Waals surface area contributed by atoms with E-state index < -0.39 is 5.72 Å². The molecular weight excluding hydrogens is 226 g/mol. The van der Waals surface area contributed by atoms with Gasteiger partial charge in [0, 0.05) is 12.8 Å². The van der Waals surface area contributed by atoms with Crippen molar-refractivity contribution in [2.75, 3.05) is 0 Å². The lowest BCUT2D eigenvalue weighted by Gasteiger charge is -2.45. The summed E-state index contributed by atoms with van der Waals surface area (Å²) in [4.78, 5) is 12.2. The molecule has 1 spiro atoms. The SMILES string of the molecule is C[C@@H]1C[C@H](C)CC2(C1)NC(=O)c1ccccc1O2. The number of fused-ring (bicyclic) bond motifs is 1. The van der Waals surface area contributed by atoms with Crippen molar-refractivity contribution in [2.45, 2.75) is 38.8 Å². The van der Waals surface area contributed by atoms with Crippen LogP contribution in [0.5, 0.6) is 5.75 Å². The van der Waals surface area contributed by atoms with E-state index in [0.29, 0.717) is 17.4 Å². The molecule has 1 aromatic rings. The first-order chi connectivity index (χ1) is 8.58. The summed E-state index contributed by atoms with van der Waals surface area (Å²) in [5.74, 6) is 1.89. The van der Waals surface area contributed by atoms with Gasteiger partial charge in [-0.1, -0.05) is 26.0 Å². The summed E-state index contributed by atoms with van der Waals surface area (Å²) in [5, 5.41) is 3.09. The zero-order valence-corrected chi connectivity index (χ0v) is 10.9. The Morgan fingerprint density at radius 1 is 1.22 bits per heavy atom. The van der Waals surface area contributed by atoms with E-state index >= 15 is 0 Å². The predicted molar refractivity (Wildman–Crippen MR) is 69.4 cm³/mol. The van der Waals surface area contributed by atoms with Gasteiger partial charge < -0.3 is 10.1 Å². The molecule has 1 aliphatic heterocycles. The third-order valence-electron chi connectivity index (χ3n) is 3.94. The minimum Gasteiger partial charge on any atom is -0.467 e. The van der Waals surface area contributed by atoms with Gasteiger partial charge >= 0.3 is 0 Å². The van der Waals surface area contributed by atoms with Crippen LogP contribution in [0.1, 0.15) is 43.5 Å². The highest BCUT2D eigenvalue weighted by molar-refractivity contribution is 5.98. The minimum absolute atomic E-state index is 0.00171. The first kappa shape index (κ1) is 11.6. The lowest BCUT2D eigenvalue weighted by molar-refractivity contribution is -0.0378. The van der Waals surface area contributed by atoms with E-state index in [1.807, 2.05) is 24.3 Å². The fraction of sp³-hybridized carbons (Fsp3) is 0.533. The van der Waals surface area contributed by atoms with E-state index in [1.165, 1.54) is 6.42 Å². The smallest absolute Gasteiger partial charge is 0.258 e. The third-order valence-corrected chi connectivity index (χ3v) is 3.94. The Hall–Kier alpha value is -1.51. The van der Waals surface area contributed by atoms with Crippen LogP contribution >= 0.6 is 0 Å². The van der Waals surface area contributed by atoms with Gasteiger partial charge in [0.25, 0.3) is 5.91 Å². The van der Waals surface area contributed by atoms with E-state index in [2.05, 4.69) is 19.2 Å². The van der Waals surface area contributed by atoms with Gasteiger partial charge in [-0.15, -0.1) is 0 Å². The summed E-state index contributed by atoms with van der Waals surface area (Å²) in [7, 11) is 0. The van der Waals surface area contributed by atoms with E-state index in [-0.39, 0.29) is 5.91 Å². The van der Waals surface area contributed by atoms with Crippen LogP contribution in [0, 0.1) is 11.8 Å². The Bertz CT molecular complexity index is 473. The van der Waals surface area contributed by atoms with Crippen molar-refractivity contribution in [3.05, 3.63) is 29.8 Å². The van der Waals surface area contributed by atoms with Gasteiger partial charge in [0.05, 0.1) is 5.56 Å². The van der Waals surface area contributed by atoms with Crippen molar-refractivity contribution < 1.29 is 9.53 Å². The number of benzene rings is 1. The summed E-state index contributed by atoms with van der Waals surface area (Å²) in [6.45, 7) is 4.46. The Kier molecular flexibility index (Phi) is 2.58. The molecule has 0 aromatic heterocycles. The summed E-state index contributed by atoms with van der Waals surface area (Å²) in [5.41, 5.74) is 0.164. The number of para-hydroxylation sites is 1. The van der Waals surface area contributed by atoms with Crippen molar-refractivity contribution >= 4 is 5.91 Å². The van der Waals surface area contributed by atoms with Gasteiger partial charge in [-0.2, -0.15) is 0 Å². The van der Waals surface area contributed by atoms with Crippen LogP contribution in [0.2, 0.25) is 0 Å². The molecule has 0 bridgehead atoms. The Labute approximate surface area is 108 Å². The van der Waals surface area contributed by atoms with E-state index in [0.717, 1.165) is 18.6 Å². The zero-order valence-electron chi connectivity index (χ0n) is 10.9. The average Bonchev–Trinajstić information content (AvgIpc) is 2.26. The second-order valence-electron chi connectivity index (χ2n) is 5.90. The maximum atomic E-state index is 12.2. The van der Waals surface area contributed by atoms with E-state index in [1.54, 1.807) is 0 Å². The van der Waals surface area contributed by atoms with Crippen molar-refractivity contribution in [1.82, 2.24) is 5.32 Å². The van der Waals surface area contributed by atoms with Crippen molar-refractivity contribution in [1.29, 1.82) is 0 Å². The molecule has 1 unspecified atom stereocenters. The van der Waals surface area contributed by atoms with E-state index in [9.17, 15) is 4.79 Å². The van der Waals surface area contributed by atoms with Crippen LogP contribution in [0.4, 0.5) is 0 Å². The van der Waals surface area contributed by atoms with Crippen LogP contribution < -0.4 is 10.1 Å². The third kappa shape index (κ3) is 1.88. The minimum atomic E-state index is -0.484. The molecule has 3 atom stereocenters. The summed E-state index contributed by atoms with van der Waals surface area (Å²) >= 11 is 0. The molecule has 3 heteroatoms. The Morgan fingerprint density at radius 3 is 2.61 bits per heavy atom. The van der Waals surface area contributed by atoms with Crippen LogP contribution in [-0.2, 0) is 0 Å². The lowest BCUT2D eigenvalue weighted by Crippen LogP contribution is -2.59. The number of amides is 1. The summed E-state index contributed by atoms with van der Waals surface area (Å²) < 4.78 is 6.14. The number of hydrogen-bond acceptors (Lipinski definition) is 2. The van der Waals surface area contributed by atoms with E-state index in [4.69, 9.17) is 4.74 Å². The fourth-order valence-electron chi connectivity index (χ4n) is 3.50. The van der Waals surface area contributed by atoms with Gasteiger partial charge in [-0.25, -0.2) is 0 Å². The van der Waals surface area contributed by atoms with Crippen molar-refractivity contribution in [2.24, 2.45) is 11.8 Å². The quantitative estimate of drug-likeness (QED) is 0.763. The van der Waals surface area contributed by atoms with Crippen LogP contribution in [0.3, 0.4) is 0 Å². The fourth-order valence-corrected chi connectivity index (χ4v) is 3.50. The standard InChI is InChI=1S/C15H19NO2/c1-10-7-11(2)9-15(8-10)16-14(17)12-5-3-4-6-13(12)18-15/h3-6,10-11H,7-9H2,1-2H3,(H,16,17)/t10-,11+,15?. The molecule has 3 nitrogen and oxygen atoms in total. The Morgan fingerprint density at radius 2 is 1.89 bits per heavy atom. The number of rotatable bonds is 0. The molecule has 1 amide bonds. The second kappa shape index (κ2) is 4.01. The van der Waals surface area contributed by atoms with Gasteiger partial charge in [-0.05, 0) is 30.4 Å². The second-order valence-corrected chi connectivity index (χ2v) is 5.90. The molecule has 1 aliphatic carbocycles. The normalized spacial score (nSPS) is 34.7. The predicted octanol–water partition coefficient (Wildman–Crippen LogP) is 2.96. The molecule has 1 fully saturated rings. The highest BCUT2D eigenvalue weighted by atomic mass is 16.5. The van der Waals surface area contributed by atoms with Gasteiger partial charge in [0.15, 0.2) is 5.72 Å². The van der Waals surface area contributed by atoms with Crippen LogP contribution in [0.15, 0.2) is 24.3 Å². The van der Waals surface area contributed by atoms with Crippen molar-refractivity contribution in [3.8, 4) is 5.75 Å². The number of nitrogens with one attached hydrogen (secondary N) is 1. The molecular formula is C15H19NO2. The van der Waals surface area contributed by atoms with Crippen LogP contribution in [-0.4, -0.2) is 11.6 Å². The molecule has 1 heterocycles. The number of carbonyl (C=O) groups is 1. The highest BCUT2D eigenvalue weighted by Crippen LogP contribution is 2.40. The average molecular weight is 245 g/mol. The van der Waals surface area contributed by atoms with Gasteiger partial charge in [0.1, 0.15) is 5.75 Å². The number of hydrogen-bond donors (Lipinski definition) is 1. The summed E-state index contributed by atoms with van der Waals surface area (Å²) in [6, 6.07) is 7.49. The topological polar surface area (TPSA) is 38.3 Å². The first-order valence-electron chi connectivity index (χ1n) is 6.68. The largest absolute Gasteiger partial charge is 0.467 e. The number of ether oxygens (including phenoxy) is 1. The Balaban J connectivity index is 1.95. The summed E-state index contributed by atoms with van der Waals surface area (Å²) in [6.07, 6.45) is 3.01. The molecule has 18 heavy (non-hydrogen) atoms. The maximum Gasteiger partial charge on any atom is 0.258 e. The molecule has 1 aromatic carbocycles. The number of carbonyl (C=O) groups excluding carboxylic acids is 1.